The SMILES string of the molecule is COc1ncc([N+](=O)[O-])cc1C#CCCNC(C)=O. The van der Waals surface area contributed by atoms with Crippen LogP contribution in [0, 0.1) is 22.0 Å². The molecule has 7 nitrogen and oxygen atoms in total. The van der Waals surface area contributed by atoms with Crippen molar-refractivity contribution in [2.45, 2.75) is 13.3 Å². The van der Waals surface area contributed by atoms with Gasteiger partial charge in [-0.05, 0) is 0 Å². The number of methoxy groups -OCH3 is 1. The number of hydrogen-bond acceptors (Lipinski definition) is 5. The summed E-state index contributed by atoms with van der Waals surface area (Å²) in [7, 11) is 1.41. The fraction of sp³-hybridized carbons (Fsp3) is 0.333. The molecule has 1 N–H and O–H groups in total. The maximum Gasteiger partial charge on any atom is 0.289 e. The van der Waals surface area contributed by atoms with E-state index in [1.54, 1.807) is 0 Å². The number of carbonyl (C=O) groups excluding carboxylic acids is 1. The van der Waals surface area contributed by atoms with Crippen molar-refractivity contribution in [1.82, 2.24) is 10.3 Å². The van der Waals surface area contributed by atoms with Gasteiger partial charge in [-0.2, -0.15) is 0 Å². The third-order valence-corrected chi connectivity index (χ3v) is 2.09. The maximum absolute atomic E-state index is 10.6. The van der Waals surface area contributed by atoms with Crippen LogP contribution in [0.25, 0.3) is 0 Å². The molecule has 0 spiro atoms. The van der Waals surface area contributed by atoms with Crippen LogP contribution in [0.3, 0.4) is 0 Å². The molecule has 0 aliphatic carbocycles. The average molecular weight is 263 g/mol. The van der Waals surface area contributed by atoms with Crippen molar-refractivity contribution >= 4 is 11.6 Å². The lowest BCUT2D eigenvalue weighted by atomic mass is 10.2. The van der Waals surface area contributed by atoms with E-state index < -0.39 is 4.92 Å². The third kappa shape index (κ3) is 4.63. The first-order chi connectivity index (χ1) is 9.04. The topological polar surface area (TPSA) is 94.4 Å². The monoisotopic (exact) mass is 263 g/mol. The van der Waals surface area contributed by atoms with Crippen LogP contribution in [0.4, 0.5) is 5.69 Å². The molecular weight excluding hydrogens is 250 g/mol. The molecule has 7 heteroatoms. The molecule has 1 rings (SSSR count). The van der Waals surface area contributed by atoms with Gasteiger partial charge in [0.2, 0.25) is 11.8 Å². The molecule has 100 valence electrons. The highest BCUT2D eigenvalue weighted by Gasteiger charge is 2.10. The number of nitrogens with zero attached hydrogens (tertiary/aromatic N) is 2. The van der Waals surface area contributed by atoms with Crippen LogP contribution >= 0.6 is 0 Å². The zero-order chi connectivity index (χ0) is 14.3. The number of nitrogens with one attached hydrogen (secondary N) is 1. The minimum atomic E-state index is -0.547. The Bertz CT molecular complexity index is 546. The number of carbonyl (C=O) groups is 1. The van der Waals surface area contributed by atoms with Gasteiger partial charge in [0.1, 0.15) is 6.20 Å². The minimum Gasteiger partial charge on any atom is -0.480 e. The molecule has 1 heterocycles. The van der Waals surface area contributed by atoms with Gasteiger partial charge < -0.3 is 10.1 Å². The Hall–Kier alpha value is -2.62. The summed E-state index contributed by atoms with van der Waals surface area (Å²) in [5, 5.41) is 13.2. The normalized spacial score (nSPS) is 9.16. The van der Waals surface area contributed by atoms with E-state index in [0.717, 1.165) is 6.20 Å². The number of aromatic nitrogens is 1. The molecule has 19 heavy (non-hydrogen) atoms. The molecule has 0 fully saturated rings. The van der Waals surface area contributed by atoms with Gasteiger partial charge in [0.25, 0.3) is 5.69 Å². The molecule has 0 unspecified atom stereocenters. The van der Waals surface area contributed by atoms with Crippen molar-refractivity contribution in [2.75, 3.05) is 13.7 Å². The van der Waals surface area contributed by atoms with Gasteiger partial charge in [0.15, 0.2) is 0 Å². The number of nitro groups is 1. The van der Waals surface area contributed by atoms with Gasteiger partial charge >= 0.3 is 0 Å². The van der Waals surface area contributed by atoms with Crippen LogP contribution in [0.15, 0.2) is 12.3 Å². The summed E-state index contributed by atoms with van der Waals surface area (Å²) in [5.74, 6) is 5.64. The van der Waals surface area contributed by atoms with Crippen LogP contribution in [-0.2, 0) is 4.79 Å². The first-order valence-corrected chi connectivity index (χ1v) is 5.46. The fourth-order valence-electron chi connectivity index (χ4n) is 1.25. The van der Waals surface area contributed by atoms with Gasteiger partial charge in [-0.3, -0.25) is 14.9 Å². The molecule has 0 aromatic carbocycles. The van der Waals surface area contributed by atoms with Crippen LogP contribution in [0.1, 0.15) is 18.9 Å². The molecule has 0 bridgehead atoms. The van der Waals surface area contributed by atoms with E-state index in [9.17, 15) is 14.9 Å². The summed E-state index contributed by atoms with van der Waals surface area (Å²) in [6.45, 7) is 1.84. The Morgan fingerprint density at radius 1 is 1.63 bits per heavy atom. The smallest absolute Gasteiger partial charge is 0.289 e. The second-order valence-electron chi connectivity index (χ2n) is 3.54. The highest BCUT2D eigenvalue weighted by atomic mass is 16.6. The van der Waals surface area contributed by atoms with Crippen molar-refractivity contribution in [1.29, 1.82) is 0 Å². The van der Waals surface area contributed by atoms with Gasteiger partial charge in [0.05, 0.1) is 17.6 Å². The molecule has 0 atom stereocenters. The molecular formula is C12H13N3O4. The molecule has 0 radical (unpaired) electrons. The van der Waals surface area contributed by atoms with E-state index in [1.807, 2.05) is 0 Å². The Labute approximate surface area is 110 Å². The van der Waals surface area contributed by atoms with Crippen LogP contribution in [0.5, 0.6) is 5.88 Å². The quantitative estimate of drug-likeness (QED) is 0.376. The Morgan fingerprint density at radius 3 is 2.95 bits per heavy atom. The summed E-state index contributed by atoms with van der Waals surface area (Å²) in [6, 6.07) is 1.30. The molecule has 1 aromatic rings. The summed E-state index contributed by atoms with van der Waals surface area (Å²) >= 11 is 0. The van der Waals surface area contributed by atoms with Crippen molar-refractivity contribution in [2.24, 2.45) is 0 Å². The largest absolute Gasteiger partial charge is 0.480 e. The van der Waals surface area contributed by atoms with Crippen LogP contribution in [0.2, 0.25) is 0 Å². The first kappa shape index (κ1) is 14.4. The molecule has 0 aliphatic rings. The van der Waals surface area contributed by atoms with Crippen molar-refractivity contribution in [3.63, 3.8) is 0 Å². The van der Waals surface area contributed by atoms with E-state index in [2.05, 4.69) is 22.1 Å². The fourth-order valence-corrected chi connectivity index (χ4v) is 1.25. The van der Waals surface area contributed by atoms with Gasteiger partial charge in [-0.25, -0.2) is 4.98 Å². The molecule has 0 saturated heterocycles. The lowest BCUT2D eigenvalue weighted by molar-refractivity contribution is -0.385. The number of amides is 1. The number of hydrogen-bond donors (Lipinski definition) is 1. The van der Waals surface area contributed by atoms with Crippen LogP contribution in [-0.4, -0.2) is 29.5 Å². The van der Waals surface area contributed by atoms with Gasteiger partial charge in [-0.1, -0.05) is 11.8 Å². The van der Waals surface area contributed by atoms with Crippen LogP contribution < -0.4 is 10.1 Å². The molecule has 0 saturated carbocycles. The van der Waals surface area contributed by atoms with Crippen molar-refractivity contribution in [3.8, 4) is 17.7 Å². The first-order valence-electron chi connectivity index (χ1n) is 5.46. The Balaban J connectivity index is 2.80. The summed E-state index contributed by atoms with van der Waals surface area (Å²) in [6.07, 6.45) is 1.55. The molecule has 1 aromatic heterocycles. The number of rotatable bonds is 4. The number of ether oxygens (including phenoxy) is 1. The maximum atomic E-state index is 10.6. The van der Waals surface area contributed by atoms with Gasteiger partial charge in [0, 0.05) is 26.0 Å². The lowest BCUT2D eigenvalue weighted by Crippen LogP contribution is -2.20. The summed E-state index contributed by atoms with van der Waals surface area (Å²) < 4.78 is 4.97. The van der Waals surface area contributed by atoms with Crippen molar-refractivity contribution < 1.29 is 14.5 Å². The second-order valence-corrected chi connectivity index (χ2v) is 3.54. The summed E-state index contributed by atoms with van der Waals surface area (Å²) in [4.78, 5) is 24.5. The van der Waals surface area contributed by atoms with E-state index in [0.29, 0.717) is 18.5 Å². The Morgan fingerprint density at radius 2 is 2.37 bits per heavy atom. The van der Waals surface area contributed by atoms with Crippen molar-refractivity contribution in [3.05, 3.63) is 27.9 Å². The second kappa shape index (κ2) is 6.96. The number of pyridine rings is 1. The average Bonchev–Trinajstić information content (AvgIpc) is 2.37. The molecule has 1 amide bonds. The Kier molecular flexibility index (Phi) is 5.29. The predicted octanol–water partition coefficient (Wildman–Crippen LogP) is 0.876. The highest BCUT2D eigenvalue weighted by molar-refractivity contribution is 5.72. The third-order valence-electron chi connectivity index (χ3n) is 2.09. The zero-order valence-corrected chi connectivity index (χ0v) is 10.6. The summed E-state index contributed by atoms with van der Waals surface area (Å²) in [5.41, 5.74) is 0.200. The van der Waals surface area contributed by atoms with E-state index in [4.69, 9.17) is 4.74 Å². The highest BCUT2D eigenvalue weighted by Crippen LogP contribution is 2.19. The lowest BCUT2D eigenvalue weighted by Gasteiger charge is -2.01. The van der Waals surface area contributed by atoms with E-state index >= 15 is 0 Å². The predicted molar refractivity (Wildman–Crippen MR) is 67.6 cm³/mol. The molecule has 0 aliphatic heterocycles. The van der Waals surface area contributed by atoms with Gasteiger partial charge in [-0.15, -0.1) is 0 Å². The van der Waals surface area contributed by atoms with E-state index in [1.165, 1.54) is 20.1 Å². The minimum absolute atomic E-state index is 0.128. The standard InChI is InChI=1S/C12H13N3O4/c1-9(16)13-6-4-3-5-10-7-11(15(17)18)8-14-12(10)19-2/h7-8H,4,6H2,1-2H3,(H,13,16). The zero-order valence-electron chi connectivity index (χ0n) is 10.6. The van der Waals surface area contributed by atoms with E-state index in [-0.39, 0.29) is 17.5 Å².